The minimum absolute atomic E-state index is 0.534. The van der Waals surface area contributed by atoms with E-state index in [2.05, 4.69) is 28.7 Å². The predicted molar refractivity (Wildman–Crippen MR) is 94.1 cm³/mol. The van der Waals surface area contributed by atoms with Crippen LogP contribution in [-0.4, -0.2) is 27.3 Å². The monoisotopic (exact) mass is 323 g/mol. The molecule has 0 unspecified atom stereocenters. The van der Waals surface area contributed by atoms with E-state index in [0.717, 1.165) is 40.3 Å². The Balaban J connectivity index is 1.83. The van der Waals surface area contributed by atoms with Crippen molar-refractivity contribution in [3.8, 4) is 17.1 Å². The van der Waals surface area contributed by atoms with Crippen LogP contribution in [0.2, 0.25) is 0 Å². The Morgan fingerprint density at radius 2 is 2.30 bits per heavy atom. The number of nitrogens with one attached hydrogen (secondary N) is 1. The second kappa shape index (κ2) is 6.08. The largest absolute Gasteiger partial charge is 0.489 e. The van der Waals surface area contributed by atoms with Gasteiger partial charge in [-0.3, -0.25) is 4.98 Å². The van der Waals surface area contributed by atoms with Gasteiger partial charge in [0.25, 0.3) is 0 Å². The number of nitrogens with zero attached hydrogens (tertiary/aromatic N) is 2. The average molecular weight is 323 g/mol. The summed E-state index contributed by atoms with van der Waals surface area (Å²) in [5.74, 6) is 3.00. The van der Waals surface area contributed by atoms with Gasteiger partial charge in [-0.2, -0.15) is 0 Å². The third-order valence-corrected chi connectivity index (χ3v) is 5.18. The molecule has 5 heteroatoms. The summed E-state index contributed by atoms with van der Waals surface area (Å²) in [5, 5.41) is 0. The van der Waals surface area contributed by atoms with E-state index in [4.69, 9.17) is 9.72 Å². The number of benzene rings is 1. The second-order valence-corrected chi connectivity index (χ2v) is 6.55. The van der Waals surface area contributed by atoms with E-state index in [1.807, 2.05) is 17.8 Å². The fraction of sp³-hybridized carbons (Fsp3) is 0.222. The number of aromatic nitrogens is 3. The van der Waals surface area contributed by atoms with Crippen molar-refractivity contribution in [1.82, 2.24) is 15.0 Å². The van der Waals surface area contributed by atoms with Crippen LogP contribution in [-0.2, 0) is 6.42 Å². The van der Waals surface area contributed by atoms with Crippen LogP contribution < -0.4 is 4.74 Å². The topological polar surface area (TPSA) is 50.8 Å². The molecule has 0 fully saturated rings. The molecular weight excluding hydrogens is 306 g/mol. The van der Waals surface area contributed by atoms with Gasteiger partial charge >= 0.3 is 0 Å². The van der Waals surface area contributed by atoms with Crippen LogP contribution in [0.3, 0.4) is 0 Å². The average Bonchev–Trinajstić information content (AvgIpc) is 3.03. The Morgan fingerprint density at radius 1 is 1.35 bits per heavy atom. The van der Waals surface area contributed by atoms with E-state index >= 15 is 0 Å². The second-order valence-electron chi connectivity index (χ2n) is 5.45. The van der Waals surface area contributed by atoms with Gasteiger partial charge in [-0.05, 0) is 36.8 Å². The highest BCUT2D eigenvalue weighted by molar-refractivity contribution is 7.99. The van der Waals surface area contributed by atoms with Gasteiger partial charge in [-0.25, -0.2) is 4.98 Å². The molecule has 1 aliphatic heterocycles. The molecule has 0 aliphatic carbocycles. The lowest BCUT2D eigenvalue weighted by atomic mass is 10.0. The van der Waals surface area contributed by atoms with Crippen molar-refractivity contribution in [3.05, 3.63) is 48.8 Å². The maximum atomic E-state index is 5.83. The van der Waals surface area contributed by atoms with Crippen molar-refractivity contribution in [3.63, 3.8) is 0 Å². The van der Waals surface area contributed by atoms with Gasteiger partial charge < -0.3 is 9.72 Å². The number of pyridine rings is 1. The van der Waals surface area contributed by atoms with Crippen molar-refractivity contribution in [2.75, 3.05) is 12.4 Å². The van der Waals surface area contributed by atoms with Gasteiger partial charge in [-0.15, -0.1) is 11.8 Å². The van der Waals surface area contributed by atoms with E-state index in [1.165, 1.54) is 16.9 Å². The lowest BCUT2D eigenvalue weighted by molar-refractivity contribution is 0.357. The molecule has 4 nitrogen and oxygen atoms in total. The Kier molecular flexibility index (Phi) is 3.79. The molecule has 1 aromatic carbocycles. The summed E-state index contributed by atoms with van der Waals surface area (Å²) in [7, 11) is 0. The molecule has 3 aromatic rings. The molecule has 0 bridgehead atoms. The highest BCUT2D eigenvalue weighted by Crippen LogP contribution is 2.42. The summed E-state index contributed by atoms with van der Waals surface area (Å²) < 4.78 is 5.83. The first-order valence-electron chi connectivity index (χ1n) is 7.69. The summed E-state index contributed by atoms with van der Waals surface area (Å²) >= 11 is 1.89. The van der Waals surface area contributed by atoms with Crippen molar-refractivity contribution in [1.29, 1.82) is 0 Å². The van der Waals surface area contributed by atoms with E-state index in [0.29, 0.717) is 6.61 Å². The maximum absolute atomic E-state index is 5.83. The summed E-state index contributed by atoms with van der Waals surface area (Å²) in [6, 6.07) is 6.10. The van der Waals surface area contributed by atoms with E-state index in [-0.39, 0.29) is 0 Å². The van der Waals surface area contributed by atoms with Gasteiger partial charge in [0.15, 0.2) is 0 Å². The summed E-state index contributed by atoms with van der Waals surface area (Å²) in [6.45, 7) is 4.26. The van der Waals surface area contributed by atoms with E-state index < -0.39 is 0 Å². The van der Waals surface area contributed by atoms with Gasteiger partial charge in [0.1, 0.15) is 23.7 Å². The van der Waals surface area contributed by atoms with Crippen LogP contribution in [0.25, 0.3) is 22.4 Å². The van der Waals surface area contributed by atoms with Crippen molar-refractivity contribution >= 4 is 22.8 Å². The van der Waals surface area contributed by atoms with Gasteiger partial charge in [-0.1, -0.05) is 12.7 Å². The molecule has 0 saturated carbocycles. The minimum atomic E-state index is 0.534. The molecule has 1 aliphatic rings. The Bertz CT molecular complexity index is 839. The van der Waals surface area contributed by atoms with Crippen LogP contribution in [0.5, 0.6) is 5.75 Å². The number of H-pyrrole nitrogens is 1. The summed E-state index contributed by atoms with van der Waals surface area (Å²) in [4.78, 5) is 13.5. The highest BCUT2D eigenvalue weighted by Gasteiger charge is 2.21. The predicted octanol–water partition coefficient (Wildman–Crippen LogP) is 4.23. The molecule has 0 atom stereocenters. The zero-order valence-corrected chi connectivity index (χ0v) is 13.5. The zero-order valence-electron chi connectivity index (χ0n) is 12.7. The third kappa shape index (κ3) is 2.61. The molecule has 3 heterocycles. The highest BCUT2D eigenvalue weighted by atomic mass is 32.2. The number of rotatable bonds is 4. The molecule has 0 saturated heterocycles. The number of hydrogen-bond acceptors (Lipinski definition) is 4. The number of hydrogen-bond donors (Lipinski definition) is 1. The number of aromatic amines is 1. The lowest BCUT2D eigenvalue weighted by Crippen LogP contribution is -2.05. The number of fused-ring (bicyclic) bond motifs is 2. The molecule has 2 aromatic heterocycles. The van der Waals surface area contributed by atoms with E-state index in [9.17, 15) is 0 Å². The Morgan fingerprint density at radius 3 is 3.17 bits per heavy atom. The van der Waals surface area contributed by atoms with Gasteiger partial charge in [0, 0.05) is 22.2 Å². The lowest BCUT2D eigenvalue weighted by Gasteiger charge is -2.21. The number of ether oxygens (including phenoxy) is 1. The maximum Gasteiger partial charge on any atom is 0.139 e. The quantitative estimate of drug-likeness (QED) is 0.730. The first kappa shape index (κ1) is 14.3. The molecule has 23 heavy (non-hydrogen) atoms. The molecule has 4 rings (SSSR count). The normalized spacial score (nSPS) is 13.7. The van der Waals surface area contributed by atoms with Crippen molar-refractivity contribution < 1.29 is 4.74 Å². The molecule has 116 valence electrons. The Hall–Kier alpha value is -2.27. The molecule has 0 amide bonds. The van der Waals surface area contributed by atoms with Crippen molar-refractivity contribution in [2.24, 2.45) is 0 Å². The van der Waals surface area contributed by atoms with Crippen LogP contribution >= 0.6 is 11.8 Å². The van der Waals surface area contributed by atoms with Crippen LogP contribution in [0, 0.1) is 0 Å². The number of thioether (sulfide) groups is 1. The Labute approximate surface area is 139 Å². The van der Waals surface area contributed by atoms with Gasteiger partial charge in [0.2, 0.25) is 0 Å². The smallest absolute Gasteiger partial charge is 0.139 e. The number of imidazole rings is 1. The molecule has 0 radical (unpaired) electrons. The molecular formula is C18H17N3OS. The minimum Gasteiger partial charge on any atom is -0.489 e. The van der Waals surface area contributed by atoms with Crippen LogP contribution in [0.15, 0.2) is 48.1 Å². The molecule has 0 spiro atoms. The fourth-order valence-electron chi connectivity index (χ4n) is 2.89. The first-order chi connectivity index (χ1) is 11.4. The van der Waals surface area contributed by atoms with Crippen molar-refractivity contribution in [2.45, 2.75) is 17.7 Å². The van der Waals surface area contributed by atoms with Crippen LogP contribution in [0.4, 0.5) is 0 Å². The fourth-order valence-corrected chi connectivity index (χ4v) is 4.08. The molecule has 1 N–H and O–H groups in total. The summed E-state index contributed by atoms with van der Waals surface area (Å²) in [5.41, 5.74) is 4.34. The zero-order chi connectivity index (χ0) is 15.6. The SMILES string of the molecule is C=CCOc1ccc(-c2nc3cnccc3[nH]2)c2c1CCCS2. The first-order valence-corrected chi connectivity index (χ1v) is 8.68. The standard InChI is InChI=1S/C18H17N3OS/c1-2-9-22-16-6-5-13(17-12(16)4-3-10-23-17)18-20-14-7-8-19-11-15(14)21-18/h2,5-8,11H,1,3-4,9-10H2,(H,20,21). The van der Waals surface area contributed by atoms with Gasteiger partial charge in [0.05, 0.1) is 11.7 Å². The van der Waals surface area contributed by atoms with E-state index in [1.54, 1.807) is 18.5 Å². The van der Waals surface area contributed by atoms with Crippen LogP contribution in [0.1, 0.15) is 12.0 Å². The summed E-state index contributed by atoms with van der Waals surface area (Å²) in [6.07, 6.45) is 7.57. The third-order valence-electron chi connectivity index (χ3n) is 3.93.